The number of rotatable bonds is 7. The molecular formula is C15H26N2O. The number of benzene rings is 1. The summed E-state index contributed by atoms with van der Waals surface area (Å²) in [5, 5.41) is 3.42. The Morgan fingerprint density at radius 3 is 2.61 bits per heavy atom. The van der Waals surface area contributed by atoms with E-state index in [0.29, 0.717) is 0 Å². The predicted molar refractivity (Wildman–Crippen MR) is 77.3 cm³/mol. The molecule has 0 fully saturated rings. The van der Waals surface area contributed by atoms with Crippen molar-refractivity contribution < 1.29 is 4.74 Å². The first-order valence-corrected chi connectivity index (χ1v) is 6.65. The zero-order valence-electron chi connectivity index (χ0n) is 12.0. The van der Waals surface area contributed by atoms with Crippen molar-refractivity contribution in [3.05, 3.63) is 28.8 Å². The van der Waals surface area contributed by atoms with Gasteiger partial charge in [-0.3, -0.25) is 0 Å². The Balaban J connectivity index is 2.51. The van der Waals surface area contributed by atoms with Gasteiger partial charge in [0.15, 0.2) is 0 Å². The first-order chi connectivity index (χ1) is 8.54. The second-order valence-corrected chi connectivity index (χ2v) is 5.04. The fourth-order valence-corrected chi connectivity index (χ4v) is 2.20. The van der Waals surface area contributed by atoms with E-state index in [0.717, 1.165) is 31.7 Å². The summed E-state index contributed by atoms with van der Waals surface area (Å²) in [4.78, 5) is 0. The zero-order chi connectivity index (χ0) is 13.5. The average molecular weight is 250 g/mol. The molecule has 3 heteroatoms. The summed E-state index contributed by atoms with van der Waals surface area (Å²) in [5.41, 5.74) is 9.49. The molecule has 0 aromatic heterocycles. The molecule has 0 amide bonds. The molecule has 1 rings (SSSR count). The van der Waals surface area contributed by atoms with Crippen LogP contribution in [-0.2, 0) is 6.42 Å². The second kappa shape index (κ2) is 7.39. The molecule has 1 aromatic carbocycles. The number of hydrogen-bond donors (Lipinski definition) is 2. The van der Waals surface area contributed by atoms with Crippen LogP contribution in [0.5, 0.6) is 5.75 Å². The van der Waals surface area contributed by atoms with Gasteiger partial charge in [0.1, 0.15) is 5.75 Å². The number of methoxy groups -OCH3 is 1. The molecule has 1 atom stereocenters. The third kappa shape index (κ3) is 4.67. The highest BCUT2D eigenvalue weighted by molar-refractivity contribution is 5.43. The monoisotopic (exact) mass is 250 g/mol. The molecule has 1 aromatic rings. The minimum Gasteiger partial charge on any atom is -0.496 e. The summed E-state index contributed by atoms with van der Waals surface area (Å²) in [6.07, 6.45) is 2.01. The highest BCUT2D eigenvalue weighted by Crippen LogP contribution is 2.25. The molecule has 3 nitrogen and oxygen atoms in total. The summed E-state index contributed by atoms with van der Waals surface area (Å²) in [7, 11) is 1.74. The van der Waals surface area contributed by atoms with Crippen LogP contribution >= 0.6 is 0 Å². The maximum absolute atomic E-state index is 5.71. The topological polar surface area (TPSA) is 47.3 Å². The molecule has 0 heterocycles. The lowest BCUT2D eigenvalue weighted by Crippen LogP contribution is -2.25. The van der Waals surface area contributed by atoms with Gasteiger partial charge in [0.2, 0.25) is 0 Å². The highest BCUT2D eigenvalue weighted by Gasteiger charge is 2.07. The van der Waals surface area contributed by atoms with Gasteiger partial charge in [0.25, 0.3) is 0 Å². The molecule has 18 heavy (non-hydrogen) atoms. The van der Waals surface area contributed by atoms with Crippen LogP contribution in [0.25, 0.3) is 0 Å². The van der Waals surface area contributed by atoms with Crippen LogP contribution in [0, 0.1) is 13.8 Å². The van der Waals surface area contributed by atoms with Gasteiger partial charge >= 0.3 is 0 Å². The van der Waals surface area contributed by atoms with Gasteiger partial charge in [-0.25, -0.2) is 0 Å². The third-order valence-corrected chi connectivity index (χ3v) is 3.05. The maximum Gasteiger partial charge on any atom is 0.125 e. The van der Waals surface area contributed by atoms with Crippen molar-refractivity contribution >= 4 is 0 Å². The van der Waals surface area contributed by atoms with Crippen LogP contribution in [-0.4, -0.2) is 26.2 Å². The fraction of sp³-hybridized carbons (Fsp3) is 0.600. The van der Waals surface area contributed by atoms with E-state index >= 15 is 0 Å². The first-order valence-electron chi connectivity index (χ1n) is 6.65. The summed E-state index contributed by atoms with van der Waals surface area (Å²) >= 11 is 0. The lowest BCUT2D eigenvalue weighted by atomic mass is 10.0. The van der Waals surface area contributed by atoms with Crippen LogP contribution in [0.1, 0.15) is 30.0 Å². The Bertz CT molecular complexity index is 375. The summed E-state index contributed by atoms with van der Waals surface area (Å²) < 4.78 is 5.48. The van der Waals surface area contributed by atoms with Crippen LogP contribution < -0.4 is 15.8 Å². The molecular weight excluding hydrogens is 224 g/mol. The van der Waals surface area contributed by atoms with Crippen LogP contribution in [0.2, 0.25) is 0 Å². The van der Waals surface area contributed by atoms with Gasteiger partial charge in [-0.05, 0) is 57.8 Å². The maximum atomic E-state index is 5.71. The Kier molecular flexibility index (Phi) is 6.16. The fourth-order valence-electron chi connectivity index (χ4n) is 2.20. The number of nitrogens with two attached hydrogens (primary N) is 1. The smallest absolute Gasteiger partial charge is 0.125 e. The molecule has 0 aliphatic carbocycles. The number of nitrogens with one attached hydrogen (secondary N) is 1. The van der Waals surface area contributed by atoms with E-state index in [2.05, 4.69) is 31.3 Å². The lowest BCUT2D eigenvalue weighted by molar-refractivity contribution is 0.405. The van der Waals surface area contributed by atoms with Crippen molar-refractivity contribution in [2.75, 3.05) is 20.2 Å². The van der Waals surface area contributed by atoms with E-state index in [9.17, 15) is 0 Å². The van der Waals surface area contributed by atoms with E-state index in [1.165, 1.54) is 16.7 Å². The SMILES string of the molecule is COc1c(C)cc(C)cc1CCNCCC(C)N. The molecule has 1 unspecified atom stereocenters. The molecule has 0 saturated heterocycles. The van der Waals surface area contributed by atoms with Crippen molar-refractivity contribution in [1.82, 2.24) is 5.32 Å². The van der Waals surface area contributed by atoms with Gasteiger partial charge in [-0.15, -0.1) is 0 Å². The molecule has 0 radical (unpaired) electrons. The largest absolute Gasteiger partial charge is 0.496 e. The quantitative estimate of drug-likeness (QED) is 0.729. The third-order valence-electron chi connectivity index (χ3n) is 3.05. The minimum atomic E-state index is 0.272. The summed E-state index contributed by atoms with van der Waals surface area (Å²) in [5.74, 6) is 1.02. The Hall–Kier alpha value is -1.06. The molecule has 102 valence electrons. The number of ether oxygens (including phenoxy) is 1. The van der Waals surface area contributed by atoms with Crippen LogP contribution in [0.4, 0.5) is 0 Å². The number of aryl methyl sites for hydroxylation is 2. The van der Waals surface area contributed by atoms with Gasteiger partial charge in [0.05, 0.1) is 7.11 Å². The number of hydrogen-bond acceptors (Lipinski definition) is 3. The Morgan fingerprint density at radius 2 is 2.00 bits per heavy atom. The van der Waals surface area contributed by atoms with Crippen molar-refractivity contribution in [3.8, 4) is 5.75 Å². The predicted octanol–water partition coefficient (Wildman–Crippen LogP) is 2.18. The average Bonchev–Trinajstić information content (AvgIpc) is 2.27. The normalized spacial score (nSPS) is 12.5. The van der Waals surface area contributed by atoms with E-state index in [4.69, 9.17) is 10.5 Å². The van der Waals surface area contributed by atoms with Gasteiger partial charge < -0.3 is 15.8 Å². The molecule has 0 aliphatic rings. The molecule has 0 bridgehead atoms. The minimum absolute atomic E-state index is 0.272. The molecule has 0 spiro atoms. The summed E-state index contributed by atoms with van der Waals surface area (Å²) in [6.45, 7) is 8.20. The van der Waals surface area contributed by atoms with Crippen molar-refractivity contribution in [2.24, 2.45) is 5.73 Å². The first kappa shape index (κ1) is 15.0. The van der Waals surface area contributed by atoms with Crippen LogP contribution in [0.3, 0.4) is 0 Å². The van der Waals surface area contributed by atoms with Gasteiger partial charge in [-0.2, -0.15) is 0 Å². The highest BCUT2D eigenvalue weighted by atomic mass is 16.5. The van der Waals surface area contributed by atoms with E-state index in [1.807, 2.05) is 6.92 Å². The molecule has 0 aliphatic heterocycles. The standard InChI is InChI=1S/C15H26N2O/c1-11-9-12(2)15(18-4)14(10-11)6-8-17-7-5-13(3)16/h9-10,13,17H,5-8,16H2,1-4H3. The van der Waals surface area contributed by atoms with Crippen molar-refractivity contribution in [1.29, 1.82) is 0 Å². The summed E-state index contributed by atoms with van der Waals surface area (Å²) in [6, 6.07) is 4.64. The van der Waals surface area contributed by atoms with Crippen LogP contribution in [0.15, 0.2) is 12.1 Å². The lowest BCUT2D eigenvalue weighted by Gasteiger charge is -2.13. The Morgan fingerprint density at radius 1 is 1.28 bits per heavy atom. The van der Waals surface area contributed by atoms with E-state index < -0.39 is 0 Å². The zero-order valence-corrected chi connectivity index (χ0v) is 12.0. The van der Waals surface area contributed by atoms with Crippen molar-refractivity contribution in [3.63, 3.8) is 0 Å². The van der Waals surface area contributed by atoms with E-state index in [1.54, 1.807) is 7.11 Å². The van der Waals surface area contributed by atoms with Crippen molar-refractivity contribution in [2.45, 2.75) is 39.7 Å². The Labute approximate surface area is 111 Å². The second-order valence-electron chi connectivity index (χ2n) is 5.04. The van der Waals surface area contributed by atoms with Gasteiger partial charge in [-0.1, -0.05) is 17.7 Å². The molecule has 3 N–H and O–H groups in total. The van der Waals surface area contributed by atoms with E-state index in [-0.39, 0.29) is 6.04 Å². The molecule has 0 saturated carbocycles. The van der Waals surface area contributed by atoms with Gasteiger partial charge in [0, 0.05) is 6.04 Å².